The van der Waals surface area contributed by atoms with Gasteiger partial charge in [0.15, 0.2) is 0 Å². The van der Waals surface area contributed by atoms with Crippen LogP contribution < -0.4 is 0 Å². The first kappa shape index (κ1) is 5.21. The van der Waals surface area contributed by atoms with Crippen molar-refractivity contribution in [2.24, 2.45) is 5.92 Å². The molecule has 0 bridgehead atoms. The third-order valence-electron chi connectivity index (χ3n) is 2.27. The maximum absolute atomic E-state index is 2.41. The van der Waals surface area contributed by atoms with E-state index in [2.05, 4.69) is 28.1 Å². The molecule has 1 fully saturated rings. The Hall–Kier alpha value is 0.0649. The van der Waals surface area contributed by atoms with Crippen LogP contribution in [0.3, 0.4) is 0 Å². The van der Waals surface area contributed by atoms with E-state index in [0.29, 0.717) is 0 Å². The molecule has 1 heterocycles. The van der Waals surface area contributed by atoms with Gasteiger partial charge in [-0.1, -0.05) is 38.3 Å². The zero-order chi connectivity index (χ0) is 5.44. The molecule has 1 aliphatic heterocycles. The van der Waals surface area contributed by atoms with Gasteiger partial charge in [-0.3, -0.25) is 0 Å². The quantitative estimate of drug-likeness (QED) is 0.403. The summed E-state index contributed by atoms with van der Waals surface area (Å²) in [7, 11) is 2.41. The normalized spacial score (nSPS) is 49.9. The van der Waals surface area contributed by atoms with Crippen LogP contribution in [-0.2, 0) is 0 Å². The molecule has 7 heavy (non-hydrogen) atoms. The maximum atomic E-state index is 2.41. The highest BCUT2D eigenvalue weighted by Crippen LogP contribution is 2.40. The molecule has 0 aromatic carbocycles. The van der Waals surface area contributed by atoms with E-state index in [0.717, 1.165) is 17.6 Å². The highest BCUT2D eigenvalue weighted by molar-refractivity contribution is 6.43. The van der Waals surface area contributed by atoms with Crippen LogP contribution >= 0.6 is 0 Å². The molecule has 0 nitrogen and oxygen atoms in total. The molecular formula is C6H12B. The van der Waals surface area contributed by atoms with Crippen molar-refractivity contribution in [2.45, 2.75) is 32.4 Å². The highest BCUT2D eigenvalue weighted by Gasteiger charge is 2.31. The van der Waals surface area contributed by atoms with Crippen LogP contribution in [0.15, 0.2) is 0 Å². The van der Waals surface area contributed by atoms with Crippen molar-refractivity contribution in [3.63, 3.8) is 0 Å². The summed E-state index contributed by atoms with van der Waals surface area (Å²) < 4.78 is 0. The van der Waals surface area contributed by atoms with Gasteiger partial charge in [0.25, 0.3) is 0 Å². The molecule has 2 unspecified atom stereocenters. The SMILES string of the molecule is CC1[B]C(C)C1C. The van der Waals surface area contributed by atoms with Gasteiger partial charge in [-0.25, -0.2) is 0 Å². The molecule has 0 aliphatic carbocycles. The van der Waals surface area contributed by atoms with Gasteiger partial charge in [-0.15, -0.1) is 0 Å². The molecular weight excluding hydrogens is 82.9 g/mol. The van der Waals surface area contributed by atoms with Crippen molar-refractivity contribution in [1.29, 1.82) is 0 Å². The van der Waals surface area contributed by atoms with Gasteiger partial charge in [0.2, 0.25) is 0 Å². The van der Waals surface area contributed by atoms with Gasteiger partial charge >= 0.3 is 0 Å². The van der Waals surface area contributed by atoms with Gasteiger partial charge in [0, 0.05) is 0 Å². The number of hydrogen-bond acceptors (Lipinski definition) is 0. The Morgan fingerprint density at radius 1 is 1.00 bits per heavy atom. The van der Waals surface area contributed by atoms with Crippen LogP contribution in [0.25, 0.3) is 0 Å². The summed E-state index contributed by atoms with van der Waals surface area (Å²) in [6, 6.07) is 0. The molecule has 39 valence electrons. The zero-order valence-electron chi connectivity index (χ0n) is 5.31. The van der Waals surface area contributed by atoms with Crippen LogP contribution in [0.1, 0.15) is 20.8 Å². The lowest BCUT2D eigenvalue weighted by molar-refractivity contribution is 0.468. The van der Waals surface area contributed by atoms with E-state index in [1.807, 2.05) is 0 Å². The van der Waals surface area contributed by atoms with Crippen molar-refractivity contribution in [3.05, 3.63) is 0 Å². The van der Waals surface area contributed by atoms with Crippen molar-refractivity contribution in [3.8, 4) is 0 Å². The second-order valence-electron chi connectivity index (χ2n) is 2.77. The molecule has 2 atom stereocenters. The van der Waals surface area contributed by atoms with E-state index in [-0.39, 0.29) is 0 Å². The van der Waals surface area contributed by atoms with E-state index in [4.69, 9.17) is 0 Å². The first-order valence-corrected chi connectivity index (χ1v) is 3.07. The van der Waals surface area contributed by atoms with Crippen molar-refractivity contribution in [1.82, 2.24) is 0 Å². The summed E-state index contributed by atoms with van der Waals surface area (Å²) in [6.07, 6.45) is 0. The summed E-state index contributed by atoms with van der Waals surface area (Å²) in [5.41, 5.74) is 0. The fourth-order valence-corrected chi connectivity index (χ4v) is 1.16. The van der Waals surface area contributed by atoms with E-state index in [1.165, 1.54) is 0 Å². The molecule has 0 aromatic heterocycles. The van der Waals surface area contributed by atoms with Crippen LogP contribution in [0.4, 0.5) is 0 Å². The number of hydrogen-bond donors (Lipinski definition) is 0. The molecule has 0 saturated carbocycles. The Bertz CT molecular complexity index is 62.6. The Balaban J connectivity index is 2.29. The molecule has 1 aliphatic rings. The Kier molecular flexibility index (Phi) is 1.14. The fraction of sp³-hybridized carbons (Fsp3) is 1.00. The average Bonchev–Trinajstić information content (AvgIpc) is 1.68. The minimum Gasteiger partial charge on any atom is -0.0694 e. The van der Waals surface area contributed by atoms with Crippen LogP contribution in [0.5, 0.6) is 0 Å². The molecule has 0 amide bonds. The third kappa shape index (κ3) is 0.688. The molecule has 1 saturated heterocycles. The predicted molar refractivity (Wildman–Crippen MR) is 33.8 cm³/mol. The fourth-order valence-electron chi connectivity index (χ4n) is 1.16. The largest absolute Gasteiger partial charge is 0.117 e. The van der Waals surface area contributed by atoms with Crippen LogP contribution in [0, 0.1) is 5.92 Å². The monoisotopic (exact) mass is 95.1 g/mol. The summed E-state index contributed by atoms with van der Waals surface area (Å²) in [4.78, 5) is 0. The first-order valence-electron chi connectivity index (χ1n) is 3.07. The van der Waals surface area contributed by atoms with Gasteiger partial charge in [-0.2, -0.15) is 0 Å². The van der Waals surface area contributed by atoms with Gasteiger partial charge in [-0.05, 0) is 0 Å². The lowest BCUT2D eigenvalue weighted by atomic mass is 9.37. The lowest BCUT2D eigenvalue weighted by Crippen LogP contribution is -2.30. The number of rotatable bonds is 0. The third-order valence-corrected chi connectivity index (χ3v) is 2.27. The molecule has 0 N–H and O–H groups in total. The molecule has 1 radical (unpaired) electrons. The highest BCUT2D eigenvalue weighted by atomic mass is 14.2. The van der Waals surface area contributed by atoms with Gasteiger partial charge in [0.1, 0.15) is 7.28 Å². The van der Waals surface area contributed by atoms with E-state index in [9.17, 15) is 0 Å². The Labute approximate surface area is 46.5 Å². The Morgan fingerprint density at radius 2 is 1.43 bits per heavy atom. The van der Waals surface area contributed by atoms with Crippen molar-refractivity contribution >= 4 is 7.28 Å². The van der Waals surface area contributed by atoms with Gasteiger partial charge < -0.3 is 0 Å². The summed E-state index contributed by atoms with van der Waals surface area (Å²) in [5, 5.41) is 0. The lowest BCUT2D eigenvalue weighted by Gasteiger charge is -2.37. The average molecular weight is 95.0 g/mol. The van der Waals surface area contributed by atoms with E-state index < -0.39 is 0 Å². The molecule has 1 rings (SSSR count). The molecule has 0 spiro atoms. The Morgan fingerprint density at radius 3 is 1.43 bits per heavy atom. The smallest absolute Gasteiger partial charge is 0.0694 e. The summed E-state index contributed by atoms with van der Waals surface area (Å²) >= 11 is 0. The molecule has 1 heteroatoms. The standard InChI is InChI=1S/C6H12B/c1-4-5(2)7-6(4)3/h4-6H,1-3H3. The van der Waals surface area contributed by atoms with E-state index in [1.54, 1.807) is 0 Å². The first-order chi connectivity index (χ1) is 3.22. The second-order valence-corrected chi connectivity index (χ2v) is 2.77. The minimum atomic E-state index is 0.884. The predicted octanol–water partition coefficient (Wildman–Crippen LogP) is 1.96. The van der Waals surface area contributed by atoms with Gasteiger partial charge in [0.05, 0.1) is 0 Å². The van der Waals surface area contributed by atoms with Crippen LogP contribution in [0.2, 0.25) is 11.6 Å². The summed E-state index contributed by atoms with van der Waals surface area (Å²) in [6.45, 7) is 6.88. The van der Waals surface area contributed by atoms with E-state index >= 15 is 0 Å². The topological polar surface area (TPSA) is 0 Å². The van der Waals surface area contributed by atoms with Crippen LogP contribution in [-0.4, -0.2) is 7.28 Å². The maximum Gasteiger partial charge on any atom is 0.117 e. The van der Waals surface area contributed by atoms with Crippen molar-refractivity contribution < 1.29 is 0 Å². The summed E-state index contributed by atoms with van der Waals surface area (Å²) in [5.74, 6) is 2.71. The second kappa shape index (κ2) is 1.54. The zero-order valence-corrected chi connectivity index (χ0v) is 5.31. The minimum absolute atomic E-state index is 0.884. The molecule has 0 aromatic rings. The van der Waals surface area contributed by atoms with Crippen molar-refractivity contribution in [2.75, 3.05) is 0 Å².